The van der Waals surface area contributed by atoms with Crippen molar-refractivity contribution in [1.29, 1.82) is 0 Å². The van der Waals surface area contributed by atoms with Crippen LogP contribution in [0.15, 0.2) is 65.5 Å². The zero-order valence-corrected chi connectivity index (χ0v) is 18.2. The van der Waals surface area contributed by atoms with Gasteiger partial charge in [0, 0.05) is 18.1 Å². The summed E-state index contributed by atoms with van der Waals surface area (Å²) in [5, 5.41) is 4.47. The Labute approximate surface area is 177 Å². The molecule has 0 saturated carbocycles. The molecule has 30 heavy (non-hydrogen) atoms. The SMILES string of the molecule is COc1cccc(-c2ccc(=O)n(C(C)C(=O)Cc3cccc(C(C)(C)C)c3)n2)c1. The van der Waals surface area contributed by atoms with E-state index in [-0.39, 0.29) is 23.2 Å². The summed E-state index contributed by atoms with van der Waals surface area (Å²) in [6.07, 6.45) is 0.253. The minimum Gasteiger partial charge on any atom is -0.497 e. The molecule has 3 aromatic rings. The highest BCUT2D eigenvalue weighted by atomic mass is 16.5. The van der Waals surface area contributed by atoms with Crippen LogP contribution < -0.4 is 10.3 Å². The van der Waals surface area contributed by atoms with Gasteiger partial charge in [0.05, 0.1) is 12.8 Å². The van der Waals surface area contributed by atoms with E-state index in [1.807, 2.05) is 36.4 Å². The van der Waals surface area contributed by atoms with Gasteiger partial charge in [-0.3, -0.25) is 9.59 Å². The number of ether oxygens (including phenoxy) is 1. The summed E-state index contributed by atoms with van der Waals surface area (Å²) in [6.45, 7) is 8.15. The summed E-state index contributed by atoms with van der Waals surface area (Å²) in [5.41, 5.74) is 3.26. The number of aromatic nitrogens is 2. The van der Waals surface area contributed by atoms with Crippen LogP contribution in [-0.4, -0.2) is 22.7 Å². The summed E-state index contributed by atoms with van der Waals surface area (Å²) < 4.78 is 6.53. The maximum absolute atomic E-state index is 13.0. The van der Waals surface area contributed by atoms with Crippen LogP contribution >= 0.6 is 0 Å². The van der Waals surface area contributed by atoms with Crippen molar-refractivity contribution in [3.05, 3.63) is 82.1 Å². The average Bonchev–Trinajstić information content (AvgIpc) is 2.73. The van der Waals surface area contributed by atoms with Crippen molar-refractivity contribution in [2.75, 3.05) is 7.11 Å². The molecule has 2 aromatic carbocycles. The lowest BCUT2D eigenvalue weighted by molar-refractivity contribution is -0.121. The van der Waals surface area contributed by atoms with Gasteiger partial charge in [0.15, 0.2) is 5.78 Å². The van der Waals surface area contributed by atoms with Crippen LogP contribution in [0.2, 0.25) is 0 Å². The molecule has 0 aliphatic carbocycles. The quantitative estimate of drug-likeness (QED) is 0.603. The molecule has 1 aromatic heterocycles. The number of methoxy groups -OCH3 is 1. The predicted octanol–water partition coefficient (Wildman–Crippen LogP) is 4.59. The molecule has 0 spiro atoms. The van der Waals surface area contributed by atoms with Crippen LogP contribution in [0.1, 0.15) is 44.9 Å². The molecule has 5 heteroatoms. The lowest BCUT2D eigenvalue weighted by Gasteiger charge is -2.20. The molecule has 0 amide bonds. The van der Waals surface area contributed by atoms with Crippen LogP contribution in [0.5, 0.6) is 5.75 Å². The van der Waals surface area contributed by atoms with Crippen molar-refractivity contribution in [1.82, 2.24) is 9.78 Å². The first-order chi connectivity index (χ1) is 14.2. The zero-order valence-electron chi connectivity index (χ0n) is 18.2. The number of hydrogen-bond acceptors (Lipinski definition) is 4. The van der Waals surface area contributed by atoms with Gasteiger partial charge in [-0.05, 0) is 41.7 Å². The Bertz CT molecular complexity index is 1110. The number of carbonyl (C=O) groups excluding carboxylic acids is 1. The molecule has 0 fully saturated rings. The second-order valence-corrected chi connectivity index (χ2v) is 8.50. The fourth-order valence-corrected chi connectivity index (χ4v) is 3.27. The van der Waals surface area contributed by atoms with E-state index in [1.54, 1.807) is 20.1 Å². The first kappa shape index (κ1) is 21.5. The molecule has 1 unspecified atom stereocenters. The maximum Gasteiger partial charge on any atom is 0.267 e. The molecule has 0 aliphatic rings. The van der Waals surface area contributed by atoms with Gasteiger partial charge in [-0.2, -0.15) is 5.10 Å². The number of Topliss-reactive ketones (excluding diaryl/α,β-unsaturated/α-hetero) is 1. The standard InChI is InChI=1S/C25H28N2O3/c1-17(23(28)15-18-8-6-10-20(14-18)25(2,3)4)27-24(29)13-12-22(26-27)19-9-7-11-21(16-19)30-5/h6-14,16-17H,15H2,1-5H3. The molecule has 0 N–H and O–H groups in total. The molecule has 156 valence electrons. The second kappa shape index (κ2) is 8.66. The molecule has 0 radical (unpaired) electrons. The smallest absolute Gasteiger partial charge is 0.267 e. The van der Waals surface area contributed by atoms with Crippen LogP contribution in [0, 0.1) is 0 Å². The van der Waals surface area contributed by atoms with Gasteiger partial charge in [-0.1, -0.05) is 57.2 Å². The van der Waals surface area contributed by atoms with E-state index in [1.165, 1.54) is 16.3 Å². The highest BCUT2D eigenvalue weighted by molar-refractivity contribution is 5.84. The van der Waals surface area contributed by atoms with Crippen LogP contribution in [0.3, 0.4) is 0 Å². The minimum atomic E-state index is -0.665. The van der Waals surface area contributed by atoms with Crippen molar-refractivity contribution in [2.45, 2.75) is 45.6 Å². The molecule has 1 atom stereocenters. The Kier molecular flexibility index (Phi) is 6.20. The molecule has 0 saturated heterocycles. The zero-order chi connectivity index (χ0) is 21.9. The number of ketones is 1. The van der Waals surface area contributed by atoms with Crippen LogP contribution in [-0.2, 0) is 16.6 Å². The summed E-state index contributed by atoms with van der Waals surface area (Å²) in [7, 11) is 1.60. The molecular formula is C25H28N2O3. The maximum atomic E-state index is 13.0. The van der Waals surface area contributed by atoms with Gasteiger partial charge in [-0.25, -0.2) is 4.68 Å². The number of hydrogen-bond donors (Lipinski definition) is 0. The highest BCUT2D eigenvalue weighted by Gasteiger charge is 2.20. The highest BCUT2D eigenvalue weighted by Crippen LogP contribution is 2.24. The van der Waals surface area contributed by atoms with E-state index in [2.05, 4.69) is 38.0 Å². The van der Waals surface area contributed by atoms with E-state index in [0.717, 1.165) is 11.1 Å². The van der Waals surface area contributed by atoms with Gasteiger partial charge in [0.25, 0.3) is 5.56 Å². The lowest BCUT2D eigenvalue weighted by atomic mass is 9.85. The second-order valence-electron chi connectivity index (χ2n) is 8.50. The van der Waals surface area contributed by atoms with Crippen LogP contribution in [0.4, 0.5) is 0 Å². The molecule has 0 bridgehead atoms. The van der Waals surface area contributed by atoms with Gasteiger partial charge in [-0.15, -0.1) is 0 Å². The molecule has 0 aliphatic heterocycles. The third kappa shape index (κ3) is 4.85. The van der Waals surface area contributed by atoms with E-state index >= 15 is 0 Å². The number of carbonyl (C=O) groups is 1. The largest absolute Gasteiger partial charge is 0.497 e. The number of nitrogens with zero attached hydrogens (tertiary/aromatic N) is 2. The van der Waals surface area contributed by atoms with E-state index < -0.39 is 6.04 Å². The number of benzene rings is 2. The first-order valence-corrected chi connectivity index (χ1v) is 10.1. The fourth-order valence-electron chi connectivity index (χ4n) is 3.27. The molecular weight excluding hydrogens is 376 g/mol. The third-order valence-electron chi connectivity index (χ3n) is 5.19. The van der Waals surface area contributed by atoms with Crippen molar-refractivity contribution in [3.63, 3.8) is 0 Å². The van der Waals surface area contributed by atoms with E-state index in [0.29, 0.717) is 11.4 Å². The van der Waals surface area contributed by atoms with Gasteiger partial charge in [0.1, 0.15) is 11.8 Å². The average molecular weight is 405 g/mol. The first-order valence-electron chi connectivity index (χ1n) is 10.1. The van der Waals surface area contributed by atoms with E-state index in [4.69, 9.17) is 4.74 Å². The van der Waals surface area contributed by atoms with Crippen molar-refractivity contribution in [2.24, 2.45) is 0 Å². The molecule has 3 rings (SSSR count). The van der Waals surface area contributed by atoms with Crippen LogP contribution in [0.25, 0.3) is 11.3 Å². The summed E-state index contributed by atoms with van der Waals surface area (Å²) >= 11 is 0. The monoisotopic (exact) mass is 404 g/mol. The summed E-state index contributed by atoms with van der Waals surface area (Å²) in [5.74, 6) is 0.647. The summed E-state index contributed by atoms with van der Waals surface area (Å²) in [6, 6.07) is 18.0. The topological polar surface area (TPSA) is 61.2 Å². The minimum absolute atomic E-state index is 0.00817. The Morgan fingerprint density at radius 1 is 1.07 bits per heavy atom. The third-order valence-corrected chi connectivity index (χ3v) is 5.19. The van der Waals surface area contributed by atoms with Gasteiger partial charge >= 0.3 is 0 Å². The van der Waals surface area contributed by atoms with Gasteiger partial charge < -0.3 is 4.74 Å². The molecule has 5 nitrogen and oxygen atoms in total. The number of rotatable bonds is 6. The van der Waals surface area contributed by atoms with Crippen molar-refractivity contribution >= 4 is 5.78 Å². The van der Waals surface area contributed by atoms with Gasteiger partial charge in [0.2, 0.25) is 0 Å². The fraction of sp³-hybridized carbons (Fsp3) is 0.320. The Morgan fingerprint density at radius 2 is 1.80 bits per heavy atom. The molecule has 1 heterocycles. The van der Waals surface area contributed by atoms with Crippen molar-refractivity contribution in [3.8, 4) is 17.0 Å². The Balaban J connectivity index is 1.86. The Hall–Kier alpha value is -3.21. The van der Waals surface area contributed by atoms with E-state index in [9.17, 15) is 9.59 Å². The predicted molar refractivity (Wildman–Crippen MR) is 119 cm³/mol. The lowest BCUT2D eigenvalue weighted by Crippen LogP contribution is -2.31. The van der Waals surface area contributed by atoms with Crippen molar-refractivity contribution < 1.29 is 9.53 Å². The summed E-state index contributed by atoms with van der Waals surface area (Å²) in [4.78, 5) is 25.4. The normalized spacial score (nSPS) is 12.4. The Morgan fingerprint density at radius 3 is 2.50 bits per heavy atom.